The average Bonchev–Trinajstić information content (AvgIpc) is 2.84. The number of ketones is 1. The van der Waals surface area contributed by atoms with E-state index in [4.69, 9.17) is 4.74 Å². The summed E-state index contributed by atoms with van der Waals surface area (Å²) in [6, 6.07) is 7.67. The van der Waals surface area contributed by atoms with Gasteiger partial charge in [-0.2, -0.15) is 11.3 Å². The zero-order chi connectivity index (χ0) is 13.0. The molecule has 0 spiro atoms. The molecule has 0 unspecified atom stereocenters. The van der Waals surface area contributed by atoms with Crippen LogP contribution in [-0.2, 0) is 17.6 Å². The molecular weight excluding hydrogens is 312 g/mol. The van der Waals surface area contributed by atoms with Gasteiger partial charge in [-0.1, -0.05) is 15.9 Å². The fraction of sp³-hybridized carbons (Fsp3) is 0.214. The number of benzene rings is 1. The van der Waals surface area contributed by atoms with Crippen LogP contribution in [0.3, 0.4) is 0 Å². The van der Waals surface area contributed by atoms with Gasteiger partial charge < -0.3 is 4.74 Å². The number of methoxy groups -OCH3 is 1. The Morgan fingerprint density at radius 2 is 2.17 bits per heavy atom. The van der Waals surface area contributed by atoms with Gasteiger partial charge in [0.2, 0.25) is 0 Å². The Hall–Kier alpha value is -1.13. The quantitative estimate of drug-likeness (QED) is 0.834. The van der Waals surface area contributed by atoms with E-state index in [0.717, 1.165) is 21.3 Å². The SMILES string of the molecule is COc1ccc(Br)c(CC(=O)Cc2ccsc2)c1. The van der Waals surface area contributed by atoms with E-state index in [9.17, 15) is 4.79 Å². The number of ether oxygens (including phenoxy) is 1. The van der Waals surface area contributed by atoms with Crippen molar-refractivity contribution in [1.29, 1.82) is 0 Å². The normalized spacial score (nSPS) is 10.3. The molecule has 0 atom stereocenters. The van der Waals surface area contributed by atoms with Gasteiger partial charge in [-0.15, -0.1) is 0 Å². The molecule has 0 aliphatic heterocycles. The van der Waals surface area contributed by atoms with Crippen LogP contribution >= 0.6 is 27.3 Å². The molecule has 18 heavy (non-hydrogen) atoms. The molecule has 1 aromatic heterocycles. The van der Waals surface area contributed by atoms with E-state index >= 15 is 0 Å². The Kier molecular flexibility index (Phi) is 4.55. The maximum atomic E-state index is 12.0. The molecule has 1 aromatic carbocycles. The average molecular weight is 325 g/mol. The van der Waals surface area contributed by atoms with Crippen molar-refractivity contribution in [1.82, 2.24) is 0 Å². The minimum absolute atomic E-state index is 0.211. The lowest BCUT2D eigenvalue weighted by Gasteiger charge is -2.06. The highest BCUT2D eigenvalue weighted by molar-refractivity contribution is 9.10. The van der Waals surface area contributed by atoms with Crippen LogP contribution in [0.25, 0.3) is 0 Å². The highest BCUT2D eigenvalue weighted by Gasteiger charge is 2.09. The highest BCUT2D eigenvalue weighted by atomic mass is 79.9. The Morgan fingerprint density at radius 3 is 2.83 bits per heavy atom. The molecule has 0 amide bonds. The summed E-state index contributed by atoms with van der Waals surface area (Å²) in [6.07, 6.45) is 0.917. The van der Waals surface area contributed by atoms with Gasteiger partial charge in [0, 0.05) is 17.3 Å². The highest BCUT2D eigenvalue weighted by Crippen LogP contribution is 2.23. The fourth-order valence-corrected chi connectivity index (χ4v) is 2.76. The lowest BCUT2D eigenvalue weighted by molar-refractivity contribution is -0.117. The van der Waals surface area contributed by atoms with E-state index in [1.54, 1.807) is 18.4 Å². The smallest absolute Gasteiger partial charge is 0.141 e. The molecule has 2 nitrogen and oxygen atoms in total. The summed E-state index contributed by atoms with van der Waals surface area (Å²) in [5, 5.41) is 4.00. The lowest BCUT2D eigenvalue weighted by atomic mass is 10.0. The molecule has 2 aromatic rings. The molecule has 0 N–H and O–H groups in total. The molecule has 1 heterocycles. The maximum absolute atomic E-state index is 12.0. The minimum Gasteiger partial charge on any atom is -0.497 e. The van der Waals surface area contributed by atoms with E-state index in [1.165, 1.54) is 0 Å². The van der Waals surface area contributed by atoms with E-state index in [2.05, 4.69) is 15.9 Å². The molecular formula is C14H13BrO2S. The summed E-state index contributed by atoms with van der Waals surface area (Å²) in [4.78, 5) is 12.0. The second-order valence-electron chi connectivity index (χ2n) is 3.98. The van der Waals surface area contributed by atoms with Crippen LogP contribution in [-0.4, -0.2) is 12.9 Å². The predicted octanol–water partition coefficient (Wildman–Crippen LogP) is 3.87. The number of hydrogen-bond donors (Lipinski definition) is 0. The Balaban J connectivity index is 2.06. The van der Waals surface area contributed by atoms with Crippen LogP contribution < -0.4 is 4.74 Å². The molecule has 0 aliphatic carbocycles. The summed E-state index contributed by atoms with van der Waals surface area (Å²) >= 11 is 5.08. The molecule has 94 valence electrons. The predicted molar refractivity (Wildman–Crippen MR) is 77.4 cm³/mol. The standard InChI is InChI=1S/C14H13BrO2S/c1-17-13-2-3-14(15)11(8-13)7-12(16)6-10-4-5-18-9-10/h2-5,8-9H,6-7H2,1H3. The van der Waals surface area contributed by atoms with Gasteiger partial charge >= 0.3 is 0 Å². The van der Waals surface area contributed by atoms with Crippen molar-refractivity contribution in [3.8, 4) is 5.75 Å². The number of Topliss-reactive ketones (excluding diaryl/α,β-unsaturated/α-hetero) is 1. The zero-order valence-electron chi connectivity index (χ0n) is 9.98. The van der Waals surface area contributed by atoms with Gasteiger partial charge in [0.25, 0.3) is 0 Å². The zero-order valence-corrected chi connectivity index (χ0v) is 12.4. The maximum Gasteiger partial charge on any atom is 0.141 e. The second-order valence-corrected chi connectivity index (χ2v) is 5.62. The summed E-state index contributed by atoms with van der Waals surface area (Å²) in [6.45, 7) is 0. The van der Waals surface area contributed by atoms with Gasteiger partial charge in [0.1, 0.15) is 11.5 Å². The monoisotopic (exact) mass is 324 g/mol. The van der Waals surface area contributed by atoms with Gasteiger partial charge in [-0.3, -0.25) is 4.79 Å². The van der Waals surface area contributed by atoms with Crippen LogP contribution in [0.2, 0.25) is 0 Å². The minimum atomic E-state index is 0.211. The fourth-order valence-electron chi connectivity index (χ4n) is 1.71. The molecule has 0 fully saturated rings. The van der Waals surface area contributed by atoms with Crippen LogP contribution in [0.1, 0.15) is 11.1 Å². The third-order valence-electron chi connectivity index (χ3n) is 2.62. The first-order valence-electron chi connectivity index (χ1n) is 5.54. The van der Waals surface area contributed by atoms with Gasteiger partial charge in [0.15, 0.2) is 0 Å². The lowest BCUT2D eigenvalue weighted by Crippen LogP contribution is -2.06. The molecule has 0 radical (unpaired) electrons. The van der Waals surface area contributed by atoms with Gasteiger partial charge in [-0.05, 0) is 46.2 Å². The molecule has 0 aliphatic rings. The Morgan fingerprint density at radius 1 is 1.33 bits per heavy atom. The van der Waals surface area contributed by atoms with Crippen LogP contribution in [0.4, 0.5) is 0 Å². The first kappa shape index (κ1) is 13.3. The van der Waals surface area contributed by atoms with E-state index < -0.39 is 0 Å². The van der Waals surface area contributed by atoms with Crippen LogP contribution in [0.5, 0.6) is 5.75 Å². The number of hydrogen-bond acceptors (Lipinski definition) is 3. The first-order valence-corrected chi connectivity index (χ1v) is 7.28. The number of rotatable bonds is 5. The third-order valence-corrected chi connectivity index (χ3v) is 4.13. The Bertz CT molecular complexity index is 535. The number of carbonyl (C=O) groups excluding carboxylic acids is 1. The van der Waals surface area contributed by atoms with Crippen molar-refractivity contribution in [2.45, 2.75) is 12.8 Å². The molecule has 0 saturated heterocycles. The number of halogens is 1. The second kappa shape index (κ2) is 6.16. The summed E-state index contributed by atoms with van der Waals surface area (Å²) in [5.74, 6) is 0.985. The number of carbonyl (C=O) groups is 1. The van der Waals surface area contributed by atoms with Crippen molar-refractivity contribution in [2.75, 3.05) is 7.11 Å². The third kappa shape index (κ3) is 3.43. The van der Waals surface area contributed by atoms with Crippen molar-refractivity contribution in [2.24, 2.45) is 0 Å². The summed E-state index contributed by atoms with van der Waals surface area (Å²) in [5.41, 5.74) is 2.05. The van der Waals surface area contributed by atoms with Crippen LogP contribution in [0.15, 0.2) is 39.5 Å². The largest absolute Gasteiger partial charge is 0.497 e. The van der Waals surface area contributed by atoms with Gasteiger partial charge in [0.05, 0.1) is 7.11 Å². The topological polar surface area (TPSA) is 26.3 Å². The van der Waals surface area contributed by atoms with E-state index in [-0.39, 0.29) is 5.78 Å². The molecule has 4 heteroatoms. The summed E-state index contributed by atoms with van der Waals surface area (Å²) < 4.78 is 6.11. The molecule has 0 saturated carbocycles. The van der Waals surface area contributed by atoms with Crippen molar-refractivity contribution in [3.63, 3.8) is 0 Å². The van der Waals surface area contributed by atoms with Crippen molar-refractivity contribution in [3.05, 3.63) is 50.6 Å². The van der Waals surface area contributed by atoms with Gasteiger partial charge in [-0.25, -0.2) is 0 Å². The van der Waals surface area contributed by atoms with Crippen molar-refractivity contribution >= 4 is 33.0 Å². The molecule has 0 bridgehead atoms. The van der Waals surface area contributed by atoms with Crippen LogP contribution in [0, 0.1) is 0 Å². The van der Waals surface area contributed by atoms with E-state index in [1.807, 2.05) is 35.0 Å². The van der Waals surface area contributed by atoms with Crippen molar-refractivity contribution < 1.29 is 9.53 Å². The molecule has 2 rings (SSSR count). The summed E-state index contributed by atoms with van der Waals surface area (Å²) in [7, 11) is 1.63. The van der Waals surface area contributed by atoms with E-state index in [0.29, 0.717) is 12.8 Å². The number of thiophene rings is 1. The first-order chi connectivity index (χ1) is 8.69. The Labute approximate surface area is 119 Å².